The van der Waals surface area contributed by atoms with E-state index in [0.717, 1.165) is 24.0 Å². The van der Waals surface area contributed by atoms with E-state index in [1.54, 1.807) is 0 Å². The van der Waals surface area contributed by atoms with E-state index in [-0.39, 0.29) is 0 Å². The van der Waals surface area contributed by atoms with E-state index in [2.05, 4.69) is 56.4 Å². The van der Waals surface area contributed by atoms with Gasteiger partial charge in [-0.3, -0.25) is 4.98 Å². The van der Waals surface area contributed by atoms with Crippen molar-refractivity contribution in [1.29, 1.82) is 0 Å². The van der Waals surface area contributed by atoms with Crippen molar-refractivity contribution in [1.82, 2.24) is 4.98 Å². The molecule has 2 aromatic rings. The molecule has 1 aromatic heterocycles. The number of benzene rings is 1. The standard InChI is InChI=1S/C27H39N/c1-3-5-6-7-8-25-17-20-27(28-21-25)26-18-15-24(16-19-26)14-13-23-11-9-22(4-2)10-12-23/h15-23H,3-14H2,1-2H3/t22-,23-. The number of hydrogen-bond acceptors (Lipinski definition) is 1. The lowest BCUT2D eigenvalue weighted by atomic mass is 9.78. The van der Waals surface area contributed by atoms with Crippen LogP contribution in [0.5, 0.6) is 0 Å². The van der Waals surface area contributed by atoms with Crippen LogP contribution < -0.4 is 0 Å². The molecule has 0 radical (unpaired) electrons. The second-order valence-corrected chi connectivity index (χ2v) is 8.89. The number of hydrogen-bond donors (Lipinski definition) is 0. The maximum Gasteiger partial charge on any atom is 0.0702 e. The Labute approximate surface area is 173 Å². The molecule has 1 fully saturated rings. The van der Waals surface area contributed by atoms with Crippen LogP contribution in [-0.4, -0.2) is 4.98 Å². The Bertz CT molecular complexity index is 662. The fourth-order valence-electron chi connectivity index (χ4n) is 4.64. The summed E-state index contributed by atoms with van der Waals surface area (Å²) < 4.78 is 0. The Morgan fingerprint density at radius 3 is 2.11 bits per heavy atom. The minimum absolute atomic E-state index is 0.953. The Morgan fingerprint density at radius 1 is 0.750 bits per heavy atom. The first kappa shape index (κ1) is 21.1. The SMILES string of the molecule is CCCCCCc1ccc(-c2ccc(CC[C@H]3CC[C@H](CC)CC3)cc2)nc1. The lowest BCUT2D eigenvalue weighted by Crippen LogP contribution is -2.14. The third kappa shape index (κ3) is 6.47. The van der Waals surface area contributed by atoms with Crippen LogP contribution in [-0.2, 0) is 12.8 Å². The number of aryl methyl sites for hydroxylation is 2. The summed E-state index contributed by atoms with van der Waals surface area (Å²) in [6.45, 7) is 4.61. The summed E-state index contributed by atoms with van der Waals surface area (Å²) in [7, 11) is 0. The highest BCUT2D eigenvalue weighted by atomic mass is 14.7. The van der Waals surface area contributed by atoms with Gasteiger partial charge in [0.15, 0.2) is 0 Å². The molecule has 1 nitrogen and oxygen atoms in total. The molecule has 0 saturated heterocycles. The topological polar surface area (TPSA) is 12.9 Å². The van der Waals surface area contributed by atoms with Gasteiger partial charge in [0, 0.05) is 11.8 Å². The number of pyridine rings is 1. The van der Waals surface area contributed by atoms with Crippen LogP contribution in [0.2, 0.25) is 0 Å². The van der Waals surface area contributed by atoms with E-state index in [9.17, 15) is 0 Å². The van der Waals surface area contributed by atoms with Gasteiger partial charge in [0.25, 0.3) is 0 Å². The zero-order chi connectivity index (χ0) is 19.6. The molecule has 3 rings (SSSR count). The smallest absolute Gasteiger partial charge is 0.0702 e. The lowest BCUT2D eigenvalue weighted by molar-refractivity contribution is 0.259. The zero-order valence-electron chi connectivity index (χ0n) is 18.1. The summed E-state index contributed by atoms with van der Waals surface area (Å²) in [6.07, 6.45) is 18.3. The van der Waals surface area contributed by atoms with E-state index in [4.69, 9.17) is 4.98 Å². The van der Waals surface area contributed by atoms with Gasteiger partial charge in [-0.1, -0.05) is 95.5 Å². The summed E-state index contributed by atoms with van der Waals surface area (Å²) in [5.74, 6) is 1.96. The monoisotopic (exact) mass is 377 g/mol. The third-order valence-corrected chi connectivity index (χ3v) is 6.78. The normalized spacial score (nSPS) is 19.6. The van der Waals surface area contributed by atoms with E-state index in [1.807, 2.05) is 0 Å². The van der Waals surface area contributed by atoms with Gasteiger partial charge in [-0.15, -0.1) is 0 Å². The number of unbranched alkanes of at least 4 members (excludes halogenated alkanes) is 3. The molecule has 0 spiro atoms. The molecule has 28 heavy (non-hydrogen) atoms. The molecule has 1 heterocycles. The minimum atomic E-state index is 0.953. The van der Waals surface area contributed by atoms with Crippen LogP contribution in [0.4, 0.5) is 0 Å². The number of nitrogens with zero attached hydrogens (tertiary/aromatic N) is 1. The molecule has 1 heteroatoms. The molecule has 1 saturated carbocycles. The lowest BCUT2D eigenvalue weighted by Gasteiger charge is -2.27. The maximum absolute atomic E-state index is 4.71. The van der Waals surface area contributed by atoms with Crippen LogP contribution in [0.1, 0.15) is 89.2 Å². The minimum Gasteiger partial charge on any atom is -0.256 e. The summed E-state index contributed by atoms with van der Waals surface area (Å²) >= 11 is 0. The van der Waals surface area contributed by atoms with Gasteiger partial charge in [-0.05, 0) is 54.7 Å². The maximum atomic E-state index is 4.71. The Balaban J connectivity index is 1.46. The number of aromatic nitrogens is 1. The molecule has 0 amide bonds. The van der Waals surface area contributed by atoms with Crippen molar-refractivity contribution in [3.63, 3.8) is 0 Å². The summed E-state index contributed by atoms with van der Waals surface area (Å²) in [5, 5.41) is 0. The second kappa shape index (κ2) is 11.4. The molecule has 0 bridgehead atoms. The van der Waals surface area contributed by atoms with Gasteiger partial charge in [0.05, 0.1) is 5.69 Å². The Kier molecular flexibility index (Phi) is 8.58. The molecule has 0 unspecified atom stereocenters. The highest BCUT2D eigenvalue weighted by Crippen LogP contribution is 2.33. The van der Waals surface area contributed by atoms with Crippen LogP contribution in [0.15, 0.2) is 42.6 Å². The first-order valence-corrected chi connectivity index (χ1v) is 11.8. The molecular weight excluding hydrogens is 338 g/mol. The Hall–Kier alpha value is -1.63. The van der Waals surface area contributed by atoms with Crippen molar-refractivity contribution < 1.29 is 0 Å². The average molecular weight is 378 g/mol. The number of rotatable bonds is 10. The molecule has 1 aliphatic rings. The first-order valence-electron chi connectivity index (χ1n) is 11.8. The molecule has 1 aliphatic carbocycles. The highest BCUT2D eigenvalue weighted by molar-refractivity contribution is 5.59. The van der Waals surface area contributed by atoms with E-state index in [0.29, 0.717) is 0 Å². The van der Waals surface area contributed by atoms with Crippen molar-refractivity contribution in [3.05, 3.63) is 53.7 Å². The molecule has 0 atom stereocenters. The van der Waals surface area contributed by atoms with Crippen molar-refractivity contribution in [2.24, 2.45) is 11.8 Å². The first-order chi connectivity index (χ1) is 13.8. The fraction of sp³-hybridized carbons (Fsp3) is 0.593. The average Bonchev–Trinajstić information content (AvgIpc) is 2.76. The predicted octanol–water partition coefficient (Wildman–Crippen LogP) is 8.02. The molecule has 152 valence electrons. The van der Waals surface area contributed by atoms with Crippen LogP contribution in [0, 0.1) is 11.8 Å². The zero-order valence-corrected chi connectivity index (χ0v) is 18.1. The molecule has 0 aliphatic heterocycles. The van der Waals surface area contributed by atoms with Crippen LogP contribution >= 0.6 is 0 Å². The van der Waals surface area contributed by atoms with Crippen molar-refractivity contribution >= 4 is 0 Å². The van der Waals surface area contributed by atoms with E-state index < -0.39 is 0 Å². The Morgan fingerprint density at radius 2 is 1.46 bits per heavy atom. The fourth-order valence-corrected chi connectivity index (χ4v) is 4.64. The van der Waals surface area contributed by atoms with Gasteiger partial charge >= 0.3 is 0 Å². The van der Waals surface area contributed by atoms with Gasteiger partial charge in [0.1, 0.15) is 0 Å². The molecule has 1 aromatic carbocycles. The summed E-state index contributed by atoms with van der Waals surface area (Å²) in [6, 6.07) is 13.6. The van der Waals surface area contributed by atoms with Gasteiger partial charge in [-0.2, -0.15) is 0 Å². The van der Waals surface area contributed by atoms with Gasteiger partial charge in [-0.25, -0.2) is 0 Å². The highest BCUT2D eigenvalue weighted by Gasteiger charge is 2.19. The van der Waals surface area contributed by atoms with Gasteiger partial charge in [0.2, 0.25) is 0 Å². The predicted molar refractivity (Wildman–Crippen MR) is 122 cm³/mol. The van der Waals surface area contributed by atoms with Gasteiger partial charge < -0.3 is 0 Å². The molecule has 0 N–H and O–H groups in total. The van der Waals surface area contributed by atoms with Crippen molar-refractivity contribution in [2.75, 3.05) is 0 Å². The van der Waals surface area contributed by atoms with Crippen LogP contribution in [0.25, 0.3) is 11.3 Å². The quantitative estimate of drug-likeness (QED) is 0.382. The second-order valence-electron chi connectivity index (χ2n) is 8.89. The van der Waals surface area contributed by atoms with Crippen LogP contribution in [0.3, 0.4) is 0 Å². The van der Waals surface area contributed by atoms with E-state index >= 15 is 0 Å². The van der Waals surface area contributed by atoms with E-state index in [1.165, 1.54) is 87.3 Å². The molecular formula is C27H39N. The summed E-state index contributed by atoms with van der Waals surface area (Å²) in [5.41, 5.74) is 5.19. The third-order valence-electron chi connectivity index (χ3n) is 6.78. The summed E-state index contributed by atoms with van der Waals surface area (Å²) in [4.78, 5) is 4.71. The van der Waals surface area contributed by atoms with Crippen molar-refractivity contribution in [3.8, 4) is 11.3 Å². The van der Waals surface area contributed by atoms with Crippen molar-refractivity contribution in [2.45, 2.75) is 90.9 Å². The largest absolute Gasteiger partial charge is 0.256 e.